The second-order valence-corrected chi connectivity index (χ2v) is 11.8. The van der Waals surface area contributed by atoms with Crippen LogP contribution in [0.4, 0.5) is 5.69 Å². The monoisotopic (exact) mass is 543 g/mol. The standard InChI is InChI=1S/C32H37N3O5/c1-19-11-13-21(14-12-19)18-35-28(30(37)34-24-10-5-4-7-20(24)2)32-16-15-25(40-32)26(27(32)31(35)38)29(36)33-22-8-6-9-23(17-22)39-3/h6,8-9,11-17,20,24-28H,4-5,7,10,18H2,1-3H3,(H,33,36)(H,34,37)/t20-,24+,25-,26+,27-,28-,32-/m1/s1. The van der Waals surface area contributed by atoms with Gasteiger partial charge < -0.3 is 25.0 Å². The summed E-state index contributed by atoms with van der Waals surface area (Å²) in [5, 5.41) is 6.24. The highest BCUT2D eigenvalue weighted by Gasteiger charge is 2.72. The molecule has 3 fully saturated rings. The molecule has 40 heavy (non-hydrogen) atoms. The van der Waals surface area contributed by atoms with Crippen molar-refractivity contribution in [2.24, 2.45) is 17.8 Å². The van der Waals surface area contributed by atoms with Crippen LogP contribution in [0.3, 0.4) is 0 Å². The van der Waals surface area contributed by atoms with E-state index in [-0.39, 0.29) is 30.3 Å². The summed E-state index contributed by atoms with van der Waals surface area (Å²) in [6.45, 7) is 4.45. The van der Waals surface area contributed by atoms with Gasteiger partial charge in [-0.3, -0.25) is 14.4 Å². The number of ether oxygens (including phenoxy) is 2. The number of methoxy groups -OCH3 is 1. The van der Waals surface area contributed by atoms with Gasteiger partial charge in [0.2, 0.25) is 17.7 Å². The highest BCUT2D eigenvalue weighted by molar-refractivity contribution is 6.02. The van der Waals surface area contributed by atoms with Crippen molar-refractivity contribution in [3.8, 4) is 5.75 Å². The Bertz CT molecular complexity index is 1340. The first-order valence-electron chi connectivity index (χ1n) is 14.3. The molecule has 2 aromatic rings. The molecule has 1 saturated carbocycles. The third-order valence-electron chi connectivity index (χ3n) is 9.17. The summed E-state index contributed by atoms with van der Waals surface area (Å²) >= 11 is 0. The number of hydrogen-bond acceptors (Lipinski definition) is 5. The second-order valence-electron chi connectivity index (χ2n) is 11.8. The third kappa shape index (κ3) is 4.48. The van der Waals surface area contributed by atoms with Gasteiger partial charge in [-0.1, -0.05) is 67.8 Å². The lowest BCUT2D eigenvalue weighted by Gasteiger charge is -2.36. The molecule has 3 aliphatic heterocycles. The topological polar surface area (TPSA) is 97.0 Å². The van der Waals surface area contributed by atoms with Crippen molar-refractivity contribution in [1.82, 2.24) is 10.2 Å². The van der Waals surface area contributed by atoms with E-state index in [4.69, 9.17) is 9.47 Å². The van der Waals surface area contributed by atoms with Gasteiger partial charge in [0.15, 0.2) is 0 Å². The van der Waals surface area contributed by atoms with Crippen LogP contribution in [-0.2, 0) is 25.7 Å². The van der Waals surface area contributed by atoms with Gasteiger partial charge in [0.25, 0.3) is 0 Å². The number of nitrogens with zero attached hydrogens (tertiary/aromatic N) is 1. The average Bonchev–Trinajstić information content (AvgIpc) is 3.59. The Morgan fingerprint density at radius 1 is 1.10 bits per heavy atom. The van der Waals surface area contributed by atoms with Crippen LogP contribution in [0.15, 0.2) is 60.7 Å². The zero-order valence-electron chi connectivity index (χ0n) is 23.3. The molecule has 2 bridgehead atoms. The van der Waals surface area contributed by atoms with Crippen LogP contribution >= 0.6 is 0 Å². The van der Waals surface area contributed by atoms with E-state index >= 15 is 0 Å². The van der Waals surface area contributed by atoms with Crippen molar-refractivity contribution >= 4 is 23.4 Å². The number of carbonyl (C=O) groups is 3. The van der Waals surface area contributed by atoms with E-state index < -0.39 is 29.6 Å². The summed E-state index contributed by atoms with van der Waals surface area (Å²) in [4.78, 5) is 43.6. The molecule has 2 N–H and O–H groups in total. The molecule has 3 amide bonds. The summed E-state index contributed by atoms with van der Waals surface area (Å²) in [6.07, 6.45) is 7.36. The van der Waals surface area contributed by atoms with E-state index in [2.05, 4.69) is 17.6 Å². The minimum Gasteiger partial charge on any atom is -0.497 e. The van der Waals surface area contributed by atoms with E-state index in [9.17, 15) is 14.4 Å². The molecule has 3 heterocycles. The number of rotatable bonds is 7. The first-order chi connectivity index (χ1) is 19.3. The zero-order valence-corrected chi connectivity index (χ0v) is 23.3. The van der Waals surface area contributed by atoms with E-state index in [1.165, 1.54) is 6.42 Å². The minimum absolute atomic E-state index is 0.0581. The number of hydrogen-bond donors (Lipinski definition) is 2. The number of benzene rings is 2. The van der Waals surface area contributed by atoms with Crippen molar-refractivity contribution in [2.45, 2.75) is 69.9 Å². The van der Waals surface area contributed by atoms with Gasteiger partial charge in [-0.2, -0.15) is 0 Å². The fraction of sp³-hybridized carbons (Fsp3) is 0.469. The van der Waals surface area contributed by atoms with E-state index in [1.807, 2.05) is 43.3 Å². The van der Waals surface area contributed by atoms with Crippen molar-refractivity contribution in [3.05, 3.63) is 71.8 Å². The Kier molecular flexibility index (Phi) is 6.90. The van der Waals surface area contributed by atoms with E-state index in [0.29, 0.717) is 17.4 Å². The van der Waals surface area contributed by atoms with Gasteiger partial charge in [-0.15, -0.1) is 0 Å². The van der Waals surface area contributed by atoms with Crippen molar-refractivity contribution < 1.29 is 23.9 Å². The molecular formula is C32H37N3O5. The molecule has 2 saturated heterocycles. The molecule has 210 valence electrons. The molecule has 0 aromatic heterocycles. The van der Waals surface area contributed by atoms with Crippen molar-refractivity contribution in [3.63, 3.8) is 0 Å². The quantitative estimate of drug-likeness (QED) is 0.515. The third-order valence-corrected chi connectivity index (χ3v) is 9.17. The van der Waals surface area contributed by atoms with E-state index in [0.717, 1.165) is 30.4 Å². The van der Waals surface area contributed by atoms with Crippen molar-refractivity contribution in [2.75, 3.05) is 12.4 Å². The van der Waals surface area contributed by atoms with Gasteiger partial charge >= 0.3 is 0 Å². The second kappa shape index (κ2) is 10.4. The molecule has 2 aromatic carbocycles. The molecule has 1 spiro atoms. The number of carbonyl (C=O) groups excluding carboxylic acids is 3. The Morgan fingerprint density at radius 2 is 1.88 bits per heavy atom. The Morgan fingerprint density at radius 3 is 2.62 bits per heavy atom. The van der Waals surface area contributed by atoms with Crippen molar-refractivity contribution in [1.29, 1.82) is 0 Å². The van der Waals surface area contributed by atoms with Crippen LogP contribution in [0.1, 0.15) is 43.7 Å². The predicted octanol–water partition coefficient (Wildman–Crippen LogP) is 3.99. The summed E-state index contributed by atoms with van der Waals surface area (Å²) in [7, 11) is 1.57. The molecule has 8 nitrogen and oxygen atoms in total. The van der Waals surface area contributed by atoms with Gasteiger partial charge in [0.05, 0.1) is 25.0 Å². The Balaban J connectivity index is 1.32. The largest absolute Gasteiger partial charge is 0.497 e. The lowest BCUT2D eigenvalue weighted by atomic mass is 9.74. The predicted molar refractivity (Wildman–Crippen MR) is 150 cm³/mol. The molecule has 6 rings (SSSR count). The van der Waals surface area contributed by atoms with Crippen LogP contribution in [0.25, 0.3) is 0 Å². The fourth-order valence-corrected chi connectivity index (χ4v) is 7.05. The van der Waals surface area contributed by atoms with Gasteiger partial charge in [-0.25, -0.2) is 0 Å². The van der Waals surface area contributed by atoms with Gasteiger partial charge in [-0.05, 0) is 43.4 Å². The zero-order chi connectivity index (χ0) is 28.0. The number of aryl methyl sites for hydroxylation is 1. The molecule has 8 heteroatoms. The van der Waals surface area contributed by atoms with Crippen LogP contribution in [0, 0.1) is 24.7 Å². The maximum Gasteiger partial charge on any atom is 0.246 e. The number of amides is 3. The molecule has 0 unspecified atom stereocenters. The normalized spacial score (nSPS) is 32.2. The number of fused-ring (bicyclic) bond motifs is 1. The lowest BCUT2D eigenvalue weighted by Crippen LogP contribution is -2.57. The smallest absolute Gasteiger partial charge is 0.246 e. The maximum atomic E-state index is 14.2. The average molecular weight is 544 g/mol. The van der Waals surface area contributed by atoms with Crippen LogP contribution in [-0.4, -0.2) is 53.5 Å². The SMILES string of the molecule is COc1cccc(NC(=O)[C@H]2[C@H]3C=C[C@@]4(O3)[C@H]2C(=O)N(Cc2ccc(C)cc2)[C@@H]4C(=O)N[C@H]2CCCC[C@H]2C)c1. The lowest BCUT2D eigenvalue weighted by molar-refractivity contribution is -0.142. The molecule has 1 aliphatic carbocycles. The number of likely N-dealkylation sites (tertiary alicyclic amines) is 1. The van der Waals surface area contributed by atoms with E-state index in [1.54, 1.807) is 36.3 Å². The number of nitrogens with one attached hydrogen (secondary N) is 2. The van der Waals surface area contributed by atoms with Gasteiger partial charge in [0.1, 0.15) is 17.4 Å². The summed E-state index contributed by atoms with van der Waals surface area (Å²) in [5.41, 5.74) is 1.43. The first kappa shape index (κ1) is 26.6. The highest BCUT2D eigenvalue weighted by atomic mass is 16.5. The maximum absolute atomic E-state index is 14.2. The fourth-order valence-electron chi connectivity index (χ4n) is 7.05. The molecule has 7 atom stereocenters. The highest BCUT2D eigenvalue weighted by Crippen LogP contribution is 2.55. The Labute approximate surface area is 235 Å². The number of anilines is 1. The first-order valence-corrected chi connectivity index (χ1v) is 14.3. The van der Waals surface area contributed by atoms with Gasteiger partial charge in [0, 0.05) is 24.3 Å². The molecule has 4 aliphatic rings. The minimum atomic E-state index is -1.19. The Hall–Kier alpha value is -3.65. The molecule has 0 radical (unpaired) electrons. The van der Waals surface area contributed by atoms with Crippen LogP contribution < -0.4 is 15.4 Å². The van der Waals surface area contributed by atoms with Crippen LogP contribution in [0.2, 0.25) is 0 Å². The molecular weight excluding hydrogens is 506 g/mol. The summed E-state index contributed by atoms with van der Waals surface area (Å²) in [5.74, 6) is -1.30. The summed E-state index contributed by atoms with van der Waals surface area (Å²) < 4.78 is 11.8. The summed E-state index contributed by atoms with van der Waals surface area (Å²) in [6, 6.07) is 14.3. The van der Waals surface area contributed by atoms with Crippen LogP contribution in [0.5, 0.6) is 5.75 Å².